The number of aromatic nitrogens is 4. The summed E-state index contributed by atoms with van der Waals surface area (Å²) in [5, 5.41) is 14.3. The van der Waals surface area contributed by atoms with Crippen LogP contribution in [-0.2, 0) is 5.75 Å². The molecule has 0 aliphatic heterocycles. The van der Waals surface area contributed by atoms with Crippen molar-refractivity contribution in [1.29, 1.82) is 0 Å². The third-order valence-electron chi connectivity index (χ3n) is 3.42. The Bertz CT molecular complexity index is 846. The molecule has 1 atom stereocenters. The molecule has 2 aromatic heterocycles. The van der Waals surface area contributed by atoms with Crippen LogP contribution in [0, 0.1) is 5.92 Å². The molecular formula is C15H17Cl2N5S2. The van der Waals surface area contributed by atoms with Crippen molar-refractivity contribution in [2.24, 2.45) is 11.7 Å². The van der Waals surface area contributed by atoms with Gasteiger partial charge in [0, 0.05) is 15.8 Å². The van der Waals surface area contributed by atoms with Crippen molar-refractivity contribution < 1.29 is 0 Å². The van der Waals surface area contributed by atoms with Crippen LogP contribution in [0.5, 0.6) is 0 Å². The zero-order valence-corrected chi connectivity index (χ0v) is 16.4. The number of nitrogens with two attached hydrogens (primary N) is 1. The highest BCUT2D eigenvalue weighted by molar-refractivity contribution is 8.00. The lowest BCUT2D eigenvalue weighted by Crippen LogP contribution is -2.16. The molecule has 9 heteroatoms. The van der Waals surface area contributed by atoms with E-state index in [2.05, 4.69) is 29.1 Å². The Hall–Kier alpha value is -0.860. The van der Waals surface area contributed by atoms with E-state index in [0.29, 0.717) is 27.5 Å². The van der Waals surface area contributed by atoms with Crippen molar-refractivity contribution in [3.8, 4) is 0 Å². The number of fused-ring (bicyclic) bond motifs is 1. The Labute approximate surface area is 158 Å². The highest BCUT2D eigenvalue weighted by Gasteiger charge is 2.19. The number of hydrogen-bond donors (Lipinski definition) is 1. The first-order chi connectivity index (χ1) is 11.4. The third-order valence-corrected chi connectivity index (χ3v) is 6.09. The van der Waals surface area contributed by atoms with Gasteiger partial charge in [-0.2, -0.15) is 4.52 Å². The van der Waals surface area contributed by atoms with Crippen molar-refractivity contribution in [2.75, 3.05) is 0 Å². The van der Waals surface area contributed by atoms with Crippen molar-refractivity contribution >= 4 is 51.3 Å². The Kier molecular flexibility index (Phi) is 5.66. The number of hydrogen-bond acceptors (Lipinski definition) is 6. The fraction of sp³-hybridized carbons (Fsp3) is 0.400. The van der Waals surface area contributed by atoms with E-state index >= 15 is 0 Å². The van der Waals surface area contributed by atoms with E-state index in [4.69, 9.17) is 28.9 Å². The van der Waals surface area contributed by atoms with Crippen LogP contribution in [0.15, 0.2) is 22.5 Å². The monoisotopic (exact) mass is 401 g/mol. The summed E-state index contributed by atoms with van der Waals surface area (Å²) < 4.78 is 2.66. The molecule has 3 aromatic rings. The normalized spacial score (nSPS) is 13.1. The molecule has 0 saturated carbocycles. The summed E-state index contributed by atoms with van der Waals surface area (Å²) in [5.74, 6) is 1.92. The molecule has 0 aliphatic carbocycles. The molecule has 1 aromatic carbocycles. The highest BCUT2D eigenvalue weighted by atomic mass is 35.5. The Morgan fingerprint density at radius 2 is 2.08 bits per heavy atom. The largest absolute Gasteiger partial charge is 0.321 e. The fourth-order valence-electron chi connectivity index (χ4n) is 2.30. The first-order valence-electron chi connectivity index (χ1n) is 7.48. The molecule has 2 N–H and O–H groups in total. The van der Waals surface area contributed by atoms with Gasteiger partial charge in [-0.25, -0.2) is 0 Å². The van der Waals surface area contributed by atoms with Crippen LogP contribution in [0.25, 0.3) is 4.96 Å². The van der Waals surface area contributed by atoms with Crippen molar-refractivity contribution in [2.45, 2.75) is 36.4 Å². The molecule has 0 bridgehead atoms. The topological polar surface area (TPSA) is 69.1 Å². The van der Waals surface area contributed by atoms with Crippen LogP contribution in [0.4, 0.5) is 0 Å². The number of rotatable bonds is 6. The quantitative estimate of drug-likeness (QED) is 0.598. The zero-order chi connectivity index (χ0) is 17.3. The van der Waals surface area contributed by atoms with Gasteiger partial charge in [0.05, 0.1) is 6.04 Å². The predicted molar refractivity (Wildman–Crippen MR) is 101 cm³/mol. The van der Waals surface area contributed by atoms with E-state index < -0.39 is 0 Å². The molecule has 3 rings (SSSR count). The fourth-order valence-corrected chi connectivity index (χ4v) is 4.74. The van der Waals surface area contributed by atoms with Crippen LogP contribution in [0.1, 0.15) is 37.7 Å². The standard InChI is InChI=1S/C15H17Cl2N5S2/c1-8(2)5-12(18)13-19-20-14-22(13)21-15(24-14)23-7-9-3-4-10(16)6-11(9)17/h3-4,6,8,12H,5,7,18H2,1-2H3. The van der Waals surface area contributed by atoms with Gasteiger partial charge in [0.15, 0.2) is 10.2 Å². The molecule has 2 heterocycles. The molecule has 1 unspecified atom stereocenters. The average molecular weight is 402 g/mol. The summed E-state index contributed by atoms with van der Waals surface area (Å²) in [6.07, 6.45) is 0.848. The van der Waals surface area contributed by atoms with Gasteiger partial charge in [-0.3, -0.25) is 0 Å². The lowest BCUT2D eigenvalue weighted by Gasteiger charge is -2.10. The van der Waals surface area contributed by atoms with E-state index in [9.17, 15) is 0 Å². The SMILES string of the molecule is CC(C)CC(N)c1nnc2sc(SCc3ccc(Cl)cc3Cl)nn12. The lowest BCUT2D eigenvalue weighted by molar-refractivity contribution is 0.485. The second-order valence-electron chi connectivity index (χ2n) is 5.88. The number of benzene rings is 1. The smallest absolute Gasteiger partial charge is 0.235 e. The van der Waals surface area contributed by atoms with E-state index in [-0.39, 0.29) is 6.04 Å². The van der Waals surface area contributed by atoms with Crippen molar-refractivity contribution in [3.05, 3.63) is 39.6 Å². The van der Waals surface area contributed by atoms with Gasteiger partial charge in [0.1, 0.15) is 0 Å². The van der Waals surface area contributed by atoms with Gasteiger partial charge < -0.3 is 5.73 Å². The van der Waals surface area contributed by atoms with E-state index in [1.807, 2.05) is 12.1 Å². The van der Waals surface area contributed by atoms with Crippen LogP contribution in [-0.4, -0.2) is 19.8 Å². The second kappa shape index (κ2) is 7.58. The minimum Gasteiger partial charge on any atom is -0.321 e. The van der Waals surface area contributed by atoms with Gasteiger partial charge in [0.2, 0.25) is 4.96 Å². The summed E-state index contributed by atoms with van der Waals surface area (Å²) in [6, 6.07) is 5.36. The molecule has 128 valence electrons. The van der Waals surface area contributed by atoms with Gasteiger partial charge in [-0.1, -0.05) is 66.2 Å². The Balaban J connectivity index is 1.75. The zero-order valence-electron chi connectivity index (χ0n) is 13.2. The Morgan fingerprint density at radius 1 is 1.29 bits per heavy atom. The Morgan fingerprint density at radius 3 is 2.79 bits per heavy atom. The van der Waals surface area contributed by atoms with Crippen molar-refractivity contribution in [1.82, 2.24) is 19.8 Å². The van der Waals surface area contributed by atoms with Gasteiger partial charge in [-0.15, -0.1) is 15.3 Å². The first kappa shape index (κ1) is 17.9. The minimum atomic E-state index is -0.161. The van der Waals surface area contributed by atoms with Crippen LogP contribution >= 0.6 is 46.3 Å². The maximum absolute atomic E-state index is 6.22. The molecule has 24 heavy (non-hydrogen) atoms. The summed E-state index contributed by atoms with van der Waals surface area (Å²) in [7, 11) is 0. The molecule has 0 amide bonds. The lowest BCUT2D eigenvalue weighted by atomic mass is 10.0. The summed E-state index contributed by atoms with van der Waals surface area (Å²) in [4.78, 5) is 0.758. The maximum atomic E-state index is 6.22. The highest BCUT2D eigenvalue weighted by Crippen LogP contribution is 2.31. The molecule has 0 spiro atoms. The second-order valence-corrected chi connectivity index (χ2v) is 8.90. The molecular weight excluding hydrogens is 385 g/mol. The number of nitrogens with zero attached hydrogens (tertiary/aromatic N) is 4. The minimum absolute atomic E-state index is 0.161. The van der Waals surface area contributed by atoms with Crippen LogP contribution in [0.3, 0.4) is 0 Å². The van der Waals surface area contributed by atoms with Crippen LogP contribution < -0.4 is 5.73 Å². The van der Waals surface area contributed by atoms with Gasteiger partial charge in [0.25, 0.3) is 0 Å². The molecule has 5 nitrogen and oxygen atoms in total. The number of halogens is 2. The molecule has 0 aliphatic rings. The molecule has 0 radical (unpaired) electrons. The first-order valence-corrected chi connectivity index (χ1v) is 10.0. The summed E-state index contributed by atoms with van der Waals surface area (Å²) in [6.45, 7) is 4.27. The third kappa shape index (κ3) is 4.03. The van der Waals surface area contributed by atoms with Crippen LogP contribution in [0.2, 0.25) is 10.0 Å². The average Bonchev–Trinajstić information content (AvgIpc) is 3.05. The molecule has 0 fully saturated rings. The van der Waals surface area contributed by atoms with Gasteiger partial charge >= 0.3 is 0 Å². The van der Waals surface area contributed by atoms with Gasteiger partial charge in [-0.05, 0) is 30.0 Å². The summed E-state index contributed by atoms with van der Waals surface area (Å²) >= 11 is 15.2. The predicted octanol–water partition coefficient (Wildman–Crippen LogP) is 4.83. The van der Waals surface area contributed by atoms with Crippen molar-refractivity contribution in [3.63, 3.8) is 0 Å². The molecule has 0 saturated heterocycles. The van der Waals surface area contributed by atoms with E-state index in [1.165, 1.54) is 11.3 Å². The summed E-state index contributed by atoms with van der Waals surface area (Å²) in [5.41, 5.74) is 7.24. The van der Waals surface area contributed by atoms with E-state index in [1.54, 1.807) is 22.3 Å². The number of thioether (sulfide) groups is 1. The maximum Gasteiger partial charge on any atom is 0.235 e. The van der Waals surface area contributed by atoms with E-state index in [0.717, 1.165) is 21.3 Å².